The molecule has 0 bridgehead atoms. The molecule has 48 heavy (non-hydrogen) atoms. The molecular formula is C34H34F4N4O6. The van der Waals surface area contributed by atoms with Crippen LogP contribution in [0.2, 0.25) is 0 Å². The molecule has 2 atom stereocenters. The third-order valence-electron chi connectivity index (χ3n) is 8.96. The summed E-state index contributed by atoms with van der Waals surface area (Å²) in [5.74, 6) is -2.39. The van der Waals surface area contributed by atoms with Crippen LogP contribution in [-0.4, -0.2) is 75.3 Å². The molecule has 0 radical (unpaired) electrons. The molecular weight excluding hydrogens is 636 g/mol. The minimum absolute atomic E-state index is 0.00193. The molecule has 1 saturated carbocycles. The third kappa shape index (κ3) is 5.98. The molecule has 0 spiro atoms. The fraction of sp³-hybridized carbons (Fsp3) is 0.412. The van der Waals surface area contributed by atoms with Gasteiger partial charge < -0.3 is 30.5 Å². The molecule has 0 saturated heterocycles. The number of ether oxygens (including phenoxy) is 1. The molecule has 14 heteroatoms. The summed E-state index contributed by atoms with van der Waals surface area (Å²) in [5, 5.41) is 26.3. The van der Waals surface area contributed by atoms with Crippen LogP contribution < -0.4 is 15.4 Å². The van der Waals surface area contributed by atoms with Crippen LogP contribution in [0.25, 0.3) is 11.3 Å². The molecule has 3 heterocycles. The number of carbonyl (C=O) groups excluding carboxylic acids is 3. The second-order valence-electron chi connectivity index (χ2n) is 13.4. The van der Waals surface area contributed by atoms with Crippen molar-refractivity contribution in [2.75, 3.05) is 19.7 Å². The highest BCUT2D eigenvalue weighted by molar-refractivity contribution is 6.01. The number of aromatic nitrogens is 1. The van der Waals surface area contributed by atoms with Gasteiger partial charge >= 0.3 is 6.18 Å². The second-order valence-corrected chi connectivity index (χ2v) is 13.4. The molecule has 4 N–H and O–H groups in total. The van der Waals surface area contributed by atoms with Crippen LogP contribution in [0.1, 0.15) is 71.1 Å². The summed E-state index contributed by atoms with van der Waals surface area (Å²) in [4.78, 5) is 45.1. The van der Waals surface area contributed by atoms with Crippen molar-refractivity contribution in [2.24, 2.45) is 0 Å². The van der Waals surface area contributed by atoms with Crippen molar-refractivity contribution >= 4 is 17.7 Å². The summed E-state index contributed by atoms with van der Waals surface area (Å²) in [6.07, 6.45) is -3.60. The van der Waals surface area contributed by atoms with Gasteiger partial charge in [0.15, 0.2) is 0 Å². The Labute approximate surface area is 273 Å². The molecule has 2 aliphatic heterocycles. The van der Waals surface area contributed by atoms with E-state index in [9.17, 15) is 42.2 Å². The smallest absolute Gasteiger partial charge is 0.424 e. The van der Waals surface area contributed by atoms with Gasteiger partial charge in [0.1, 0.15) is 29.3 Å². The lowest BCUT2D eigenvalue weighted by molar-refractivity contribution is -0.265. The topological polar surface area (TPSA) is 141 Å². The predicted molar refractivity (Wildman–Crippen MR) is 163 cm³/mol. The zero-order valence-electron chi connectivity index (χ0n) is 26.4. The molecule has 3 aliphatic rings. The maximum absolute atomic E-state index is 14.9. The van der Waals surface area contributed by atoms with E-state index >= 15 is 0 Å². The van der Waals surface area contributed by atoms with E-state index in [1.165, 1.54) is 51.1 Å². The summed E-state index contributed by atoms with van der Waals surface area (Å²) in [6.45, 7) is 2.83. The molecule has 3 aromatic rings. The lowest BCUT2D eigenvalue weighted by Gasteiger charge is -2.32. The molecule has 2 aromatic carbocycles. The number of nitrogens with zero attached hydrogens (tertiary/aromatic N) is 2. The number of hydrogen-bond donors (Lipinski definition) is 4. The van der Waals surface area contributed by atoms with Crippen molar-refractivity contribution < 1.29 is 46.9 Å². The minimum Gasteiger partial charge on any atom is -0.489 e. The Hall–Kier alpha value is -4.56. The van der Waals surface area contributed by atoms with Gasteiger partial charge in [0, 0.05) is 41.4 Å². The summed E-state index contributed by atoms with van der Waals surface area (Å²) < 4.78 is 64.2. The first-order chi connectivity index (χ1) is 22.4. The molecule has 254 valence electrons. The number of fused-ring (bicyclic) bond motifs is 2. The second kappa shape index (κ2) is 11.5. The van der Waals surface area contributed by atoms with Crippen LogP contribution in [0, 0.1) is 5.82 Å². The Morgan fingerprint density at radius 3 is 2.35 bits per heavy atom. The molecule has 10 nitrogen and oxygen atoms in total. The number of alkyl halides is 3. The van der Waals surface area contributed by atoms with Crippen molar-refractivity contribution in [1.29, 1.82) is 0 Å². The van der Waals surface area contributed by atoms with Crippen LogP contribution in [0.5, 0.6) is 5.75 Å². The van der Waals surface area contributed by atoms with Crippen molar-refractivity contribution in [3.8, 4) is 17.0 Å². The molecule has 1 aromatic heterocycles. The van der Waals surface area contributed by atoms with Gasteiger partial charge in [0.25, 0.3) is 11.8 Å². The lowest BCUT2D eigenvalue weighted by atomic mass is 9.81. The van der Waals surface area contributed by atoms with Crippen molar-refractivity contribution in [3.05, 3.63) is 82.3 Å². The van der Waals surface area contributed by atoms with Gasteiger partial charge in [0.05, 0.1) is 17.8 Å². The minimum atomic E-state index is -5.38. The van der Waals surface area contributed by atoms with E-state index in [2.05, 4.69) is 15.6 Å². The standard InChI is InChI=1S/C34H34F4N4O6/c1-31(2,46)15-40-30(45)32(3)17-48-27-24(32)13-25(41-26(27)18-4-7-21(35)8-5-18)33(47,34(36,37)38)16-39-28(43)19-6-11-23-20(12-19)14-42(29(23)44)22-9-10-22/h4-8,11-13,22,46-47H,9-10,14-17H2,1-3H3,(H,39,43)(H,40,45)/t32-,33?/m0/s1. The van der Waals surface area contributed by atoms with Crippen molar-refractivity contribution in [1.82, 2.24) is 20.5 Å². The predicted octanol–water partition coefficient (Wildman–Crippen LogP) is 3.72. The molecule has 1 aliphatic carbocycles. The Kier molecular flexibility index (Phi) is 8.02. The van der Waals surface area contributed by atoms with Crippen molar-refractivity contribution in [2.45, 2.75) is 69.0 Å². The van der Waals surface area contributed by atoms with E-state index in [0.29, 0.717) is 17.7 Å². The highest BCUT2D eigenvalue weighted by Gasteiger charge is 2.58. The largest absolute Gasteiger partial charge is 0.489 e. The number of nitrogens with one attached hydrogen (secondary N) is 2. The Balaban J connectivity index is 1.36. The fourth-order valence-corrected chi connectivity index (χ4v) is 5.89. The van der Waals surface area contributed by atoms with Crippen LogP contribution in [0.3, 0.4) is 0 Å². The molecule has 1 unspecified atom stereocenters. The first kappa shape index (κ1) is 33.3. The number of halogens is 4. The van der Waals surface area contributed by atoms with Crippen LogP contribution in [0.4, 0.5) is 17.6 Å². The van der Waals surface area contributed by atoms with Gasteiger partial charge in [-0.25, -0.2) is 9.37 Å². The van der Waals surface area contributed by atoms with Gasteiger partial charge in [-0.15, -0.1) is 0 Å². The Morgan fingerprint density at radius 1 is 1.04 bits per heavy atom. The normalized spacial score (nSPS) is 20.1. The van der Waals surface area contributed by atoms with Crippen LogP contribution >= 0.6 is 0 Å². The summed E-state index contributed by atoms with van der Waals surface area (Å²) in [5.41, 5.74) is -6.62. The summed E-state index contributed by atoms with van der Waals surface area (Å²) >= 11 is 0. The van der Waals surface area contributed by atoms with Gasteiger partial charge in [-0.2, -0.15) is 13.2 Å². The number of pyridine rings is 1. The number of benzene rings is 2. The van der Waals surface area contributed by atoms with E-state index in [1.807, 2.05) is 0 Å². The van der Waals surface area contributed by atoms with Crippen LogP contribution in [-0.2, 0) is 22.4 Å². The molecule has 3 amide bonds. The zero-order valence-corrected chi connectivity index (χ0v) is 26.4. The third-order valence-corrected chi connectivity index (χ3v) is 8.96. The fourth-order valence-electron chi connectivity index (χ4n) is 5.89. The summed E-state index contributed by atoms with van der Waals surface area (Å²) in [6, 6.07) is 10.0. The maximum atomic E-state index is 14.9. The van der Waals surface area contributed by atoms with Gasteiger partial charge in [-0.05, 0) is 87.7 Å². The zero-order chi connectivity index (χ0) is 34.8. The SMILES string of the molecule is CC(C)(O)CNC(=O)[C@@]1(C)COc2c1cc(C(O)(CNC(=O)c1ccc3c(c1)CN(C1CC1)C3=O)C(F)(F)F)nc2-c1ccc(F)cc1. The number of amides is 3. The lowest BCUT2D eigenvalue weighted by Crippen LogP contribution is -2.52. The highest BCUT2D eigenvalue weighted by atomic mass is 19.4. The number of carbonyl (C=O) groups is 3. The van der Waals surface area contributed by atoms with E-state index in [4.69, 9.17) is 4.74 Å². The number of rotatable bonds is 9. The first-order valence-electron chi connectivity index (χ1n) is 15.4. The highest BCUT2D eigenvalue weighted by Crippen LogP contribution is 2.48. The number of hydrogen-bond acceptors (Lipinski definition) is 7. The van der Waals surface area contributed by atoms with Gasteiger partial charge in [-0.3, -0.25) is 14.4 Å². The quantitative estimate of drug-likeness (QED) is 0.255. The van der Waals surface area contributed by atoms with E-state index in [0.717, 1.165) is 31.0 Å². The van der Waals surface area contributed by atoms with Crippen molar-refractivity contribution in [3.63, 3.8) is 0 Å². The van der Waals surface area contributed by atoms with E-state index < -0.39 is 52.7 Å². The Morgan fingerprint density at radius 2 is 1.73 bits per heavy atom. The van der Waals surface area contributed by atoms with E-state index in [1.54, 1.807) is 4.90 Å². The van der Waals surface area contributed by atoms with E-state index in [-0.39, 0.29) is 53.2 Å². The maximum Gasteiger partial charge on any atom is 0.424 e. The monoisotopic (exact) mass is 670 g/mol. The molecule has 1 fully saturated rings. The van der Waals surface area contributed by atoms with Gasteiger partial charge in [0.2, 0.25) is 11.5 Å². The average Bonchev–Trinajstić information content (AvgIpc) is 3.74. The molecule has 6 rings (SSSR count). The van der Waals surface area contributed by atoms with Gasteiger partial charge in [-0.1, -0.05) is 0 Å². The summed E-state index contributed by atoms with van der Waals surface area (Å²) in [7, 11) is 0. The van der Waals surface area contributed by atoms with Crippen LogP contribution in [0.15, 0.2) is 48.5 Å². The first-order valence-corrected chi connectivity index (χ1v) is 15.4. The Bertz CT molecular complexity index is 1800. The average molecular weight is 671 g/mol. The number of aliphatic hydroxyl groups is 2.